The lowest BCUT2D eigenvalue weighted by Crippen LogP contribution is -2.40. The predicted octanol–water partition coefficient (Wildman–Crippen LogP) is 2.82. The summed E-state index contributed by atoms with van der Waals surface area (Å²) >= 11 is 0. The highest BCUT2D eigenvalue weighted by Gasteiger charge is 2.24. The van der Waals surface area contributed by atoms with Gasteiger partial charge in [0.1, 0.15) is 6.07 Å². The lowest BCUT2D eigenvalue weighted by molar-refractivity contribution is 0.276. The van der Waals surface area contributed by atoms with E-state index in [1.165, 1.54) is 6.20 Å². The second kappa shape index (κ2) is 6.86. The van der Waals surface area contributed by atoms with E-state index in [2.05, 4.69) is 50.7 Å². The minimum atomic E-state index is -1.80. The standard InChI is InChI=1S/C16H22N2O2Si/c1-16(2,3)21(4,5)20-8-6-7-14-9-13(10-17)11-18-15(14)12-19/h9,11,19H,8,12H2,1-5H3/q-1. The largest absolute Gasteiger partial charge is 0.556 e. The van der Waals surface area contributed by atoms with Gasteiger partial charge in [-0.15, -0.1) is 18.1 Å². The zero-order valence-corrected chi connectivity index (χ0v) is 14.3. The van der Waals surface area contributed by atoms with E-state index >= 15 is 0 Å². The number of nitriles is 1. The number of aromatic nitrogens is 1. The summed E-state index contributed by atoms with van der Waals surface area (Å²) in [6.45, 7) is 11.0. The van der Waals surface area contributed by atoms with E-state index in [-0.39, 0.29) is 11.6 Å². The van der Waals surface area contributed by atoms with Crippen LogP contribution in [0.5, 0.6) is 0 Å². The van der Waals surface area contributed by atoms with Crippen molar-refractivity contribution >= 4 is 8.32 Å². The first kappa shape index (κ1) is 17.4. The van der Waals surface area contributed by atoms with Crippen LogP contribution < -0.4 is 0 Å². The van der Waals surface area contributed by atoms with Gasteiger partial charge in [0.05, 0.1) is 24.5 Å². The molecule has 0 aliphatic heterocycles. The predicted molar refractivity (Wildman–Crippen MR) is 84.9 cm³/mol. The van der Waals surface area contributed by atoms with Gasteiger partial charge < -0.3 is 9.53 Å². The van der Waals surface area contributed by atoms with E-state index in [1.54, 1.807) is 6.07 Å². The zero-order valence-electron chi connectivity index (χ0n) is 13.3. The summed E-state index contributed by atoms with van der Waals surface area (Å²) < 4.78 is 5.96. The van der Waals surface area contributed by atoms with Crippen molar-refractivity contribution in [1.82, 2.24) is 4.98 Å². The van der Waals surface area contributed by atoms with Crippen LogP contribution in [-0.4, -0.2) is 25.0 Å². The molecular formula is C16H22N2O2Si-. The Kier molecular flexibility index (Phi) is 5.68. The van der Waals surface area contributed by atoms with Crippen LogP contribution >= 0.6 is 0 Å². The number of aliphatic hydroxyl groups is 1. The van der Waals surface area contributed by atoms with Gasteiger partial charge in [-0.1, -0.05) is 32.6 Å². The maximum Gasteiger partial charge on any atom is 0.101 e. The van der Waals surface area contributed by atoms with Crippen LogP contribution in [0.15, 0.2) is 12.3 Å². The van der Waals surface area contributed by atoms with Gasteiger partial charge in [0.15, 0.2) is 0 Å². The minimum Gasteiger partial charge on any atom is -0.556 e. The summed E-state index contributed by atoms with van der Waals surface area (Å²) in [5.74, 6) is 5.89. The van der Waals surface area contributed by atoms with E-state index in [1.807, 2.05) is 6.07 Å². The molecule has 0 spiro atoms. The Labute approximate surface area is 127 Å². The third-order valence-corrected chi connectivity index (χ3v) is 8.26. The van der Waals surface area contributed by atoms with Crippen LogP contribution in [0, 0.1) is 23.2 Å². The molecule has 0 unspecified atom stereocenters. The van der Waals surface area contributed by atoms with Crippen LogP contribution in [0.25, 0.3) is 0 Å². The van der Waals surface area contributed by atoms with Crippen LogP contribution in [0.4, 0.5) is 0 Å². The summed E-state index contributed by atoms with van der Waals surface area (Å²) in [5.41, 5.74) is 1.49. The number of hydrogen-bond acceptors (Lipinski definition) is 4. The molecule has 0 saturated carbocycles. The topological polar surface area (TPSA) is 66.1 Å². The van der Waals surface area contributed by atoms with Crippen molar-refractivity contribution in [2.75, 3.05) is 6.61 Å². The highest BCUT2D eigenvalue weighted by atomic mass is 28.4. The summed E-state index contributed by atoms with van der Waals surface area (Å²) in [6.07, 6.45) is 1.43. The first-order chi connectivity index (χ1) is 9.71. The average molecular weight is 302 g/mol. The van der Waals surface area contributed by atoms with Crippen molar-refractivity contribution in [3.05, 3.63) is 29.1 Å². The highest BCUT2D eigenvalue weighted by molar-refractivity contribution is 6.74. The maximum absolute atomic E-state index is 9.24. The van der Waals surface area contributed by atoms with Crippen molar-refractivity contribution in [3.8, 4) is 17.9 Å². The molecule has 113 valence electrons. The van der Waals surface area contributed by atoms with E-state index in [0.717, 1.165) is 0 Å². The molecule has 0 fully saturated rings. The fourth-order valence-corrected chi connectivity index (χ4v) is 2.22. The van der Waals surface area contributed by atoms with Gasteiger partial charge in [0.25, 0.3) is 0 Å². The van der Waals surface area contributed by atoms with Crippen molar-refractivity contribution in [2.24, 2.45) is 0 Å². The maximum atomic E-state index is 9.24. The van der Waals surface area contributed by atoms with Gasteiger partial charge in [0.2, 0.25) is 0 Å². The Bertz CT molecular complexity index is 601. The highest BCUT2D eigenvalue weighted by Crippen LogP contribution is 2.36. The fourth-order valence-electron chi connectivity index (χ4n) is 1.35. The molecule has 1 aromatic rings. The molecule has 1 N–H and O–H groups in total. The van der Waals surface area contributed by atoms with Crippen LogP contribution in [-0.2, 0) is 11.0 Å². The molecule has 5 heteroatoms. The number of aliphatic hydroxyl groups excluding tert-OH is 1. The molecule has 0 saturated heterocycles. The van der Waals surface area contributed by atoms with Crippen molar-refractivity contribution in [2.45, 2.75) is 45.5 Å². The molecule has 1 rings (SSSR count). The van der Waals surface area contributed by atoms with E-state index in [4.69, 9.17) is 9.69 Å². The molecule has 21 heavy (non-hydrogen) atoms. The van der Waals surface area contributed by atoms with E-state index < -0.39 is 8.32 Å². The Morgan fingerprint density at radius 1 is 1.38 bits per heavy atom. The van der Waals surface area contributed by atoms with Crippen LogP contribution in [0.2, 0.25) is 18.1 Å². The lowest BCUT2D eigenvalue weighted by atomic mass is 10.1. The molecule has 1 aromatic heterocycles. The molecule has 0 radical (unpaired) electrons. The molecule has 0 aliphatic carbocycles. The molecule has 0 bridgehead atoms. The Morgan fingerprint density at radius 2 is 2.05 bits per heavy atom. The Balaban J connectivity index is 2.83. The van der Waals surface area contributed by atoms with Gasteiger partial charge in [-0.2, -0.15) is 5.26 Å². The zero-order chi connectivity index (χ0) is 16.1. The molecule has 0 aliphatic rings. The number of hydrogen-bond donors (Lipinski definition) is 1. The molecule has 0 aromatic carbocycles. The fraction of sp³-hybridized carbons (Fsp3) is 0.500. The quantitative estimate of drug-likeness (QED) is 0.689. The first-order valence-corrected chi connectivity index (χ1v) is 9.75. The second-order valence-electron chi connectivity index (χ2n) is 6.34. The molecule has 1 heterocycles. The van der Waals surface area contributed by atoms with Gasteiger partial charge >= 0.3 is 0 Å². The van der Waals surface area contributed by atoms with Crippen LogP contribution in [0.1, 0.15) is 37.6 Å². The normalized spacial score (nSPS) is 11.5. The van der Waals surface area contributed by atoms with E-state index in [0.29, 0.717) is 23.4 Å². The third kappa shape index (κ3) is 4.68. The Hall–Kier alpha value is -1.66. The summed E-state index contributed by atoms with van der Waals surface area (Å²) in [7, 11) is -1.80. The van der Waals surface area contributed by atoms with Crippen LogP contribution in [0.3, 0.4) is 0 Å². The van der Waals surface area contributed by atoms with Crippen molar-refractivity contribution in [1.29, 1.82) is 5.26 Å². The molecular weight excluding hydrogens is 280 g/mol. The van der Waals surface area contributed by atoms with Gasteiger partial charge in [-0.05, 0) is 14.4 Å². The molecule has 4 nitrogen and oxygen atoms in total. The van der Waals surface area contributed by atoms with Gasteiger partial charge in [-0.3, -0.25) is 4.98 Å². The average Bonchev–Trinajstić information content (AvgIpc) is 2.42. The summed E-state index contributed by atoms with van der Waals surface area (Å²) in [6, 6.07) is 3.65. The SMILES string of the molecule is CC(C)(C)[Si-](C)(C)OCC#Cc1cc(C#N)cnc1CO. The Morgan fingerprint density at radius 3 is 2.57 bits per heavy atom. The lowest BCUT2D eigenvalue weighted by Gasteiger charge is -2.47. The second-order valence-corrected chi connectivity index (χ2v) is 11.1. The van der Waals surface area contributed by atoms with Crippen molar-refractivity contribution in [3.63, 3.8) is 0 Å². The number of nitrogens with zero attached hydrogens (tertiary/aromatic N) is 2. The molecule has 0 amide bonds. The van der Waals surface area contributed by atoms with Crippen molar-refractivity contribution < 1.29 is 9.53 Å². The summed E-state index contributed by atoms with van der Waals surface area (Å²) in [5, 5.41) is 18.3. The number of rotatable bonds is 3. The number of pyridine rings is 1. The van der Waals surface area contributed by atoms with Gasteiger partial charge in [-0.25, -0.2) is 0 Å². The monoisotopic (exact) mass is 302 g/mol. The first-order valence-electron chi connectivity index (χ1n) is 6.84. The van der Waals surface area contributed by atoms with Gasteiger partial charge in [0, 0.05) is 11.8 Å². The molecule has 0 atom stereocenters. The minimum absolute atomic E-state index is 0.146. The third-order valence-electron chi connectivity index (χ3n) is 3.78. The van der Waals surface area contributed by atoms with E-state index in [9.17, 15) is 5.11 Å². The smallest absolute Gasteiger partial charge is 0.101 e. The summed E-state index contributed by atoms with van der Waals surface area (Å²) in [4.78, 5) is 4.03.